The molecule has 0 fully saturated rings. The Bertz CT molecular complexity index is 1260. The number of hydrogen-bond acceptors (Lipinski definition) is 5. The van der Waals surface area contributed by atoms with Gasteiger partial charge >= 0.3 is 172 Å². The number of anilines is 1. The van der Waals surface area contributed by atoms with E-state index in [0.717, 1.165) is 30.2 Å². The molecule has 0 saturated heterocycles. The van der Waals surface area contributed by atoms with Gasteiger partial charge in [-0.2, -0.15) is 0 Å². The summed E-state index contributed by atoms with van der Waals surface area (Å²) >= 11 is 8.12. The second-order valence-electron chi connectivity index (χ2n) is 7.03. The van der Waals surface area contributed by atoms with Crippen LogP contribution in [-0.2, 0) is 6.54 Å². The normalized spacial score (nSPS) is 11.9. The molecule has 0 saturated carbocycles. The quantitative estimate of drug-likeness (QED) is 0.144. The summed E-state index contributed by atoms with van der Waals surface area (Å²) in [5.41, 5.74) is 3.30. The first-order chi connectivity index (χ1) is 15.6. The summed E-state index contributed by atoms with van der Waals surface area (Å²) < 4.78 is 5.10. The Labute approximate surface area is 203 Å². The molecule has 0 spiro atoms. The number of aryl methyl sites for hydroxylation is 1. The van der Waals surface area contributed by atoms with Crippen molar-refractivity contribution in [2.45, 2.75) is 27.3 Å². The van der Waals surface area contributed by atoms with Gasteiger partial charge in [-0.1, -0.05) is 0 Å². The number of fused-ring (bicyclic) bond motifs is 1. The number of azo groups is 1. The molecular formula is C24H25ClN5SSe+. The Kier molecular flexibility index (Phi) is 7.53. The average molecular weight is 530 g/mol. The molecule has 0 atom stereocenters. The third kappa shape index (κ3) is 5.02. The topological polar surface area (TPSA) is 44.7 Å². The van der Waals surface area contributed by atoms with E-state index >= 15 is 0 Å². The molecule has 2 aromatic carbocycles. The molecule has 0 radical (unpaired) electrons. The number of thiazole rings is 1. The number of benzene rings is 2. The van der Waals surface area contributed by atoms with Crippen LogP contribution < -0.4 is 9.47 Å². The van der Waals surface area contributed by atoms with E-state index in [1.54, 1.807) is 0 Å². The maximum absolute atomic E-state index is 6.38. The van der Waals surface area contributed by atoms with E-state index in [1.807, 2.05) is 18.2 Å². The fourth-order valence-electron chi connectivity index (χ4n) is 3.52. The summed E-state index contributed by atoms with van der Waals surface area (Å²) in [7, 11) is 0. The summed E-state index contributed by atoms with van der Waals surface area (Å²) in [6.07, 6.45) is 4.21. The summed E-state index contributed by atoms with van der Waals surface area (Å²) in [6, 6.07) is 16.7. The number of para-hydroxylation sites is 1. The first kappa shape index (κ1) is 22.9. The van der Waals surface area contributed by atoms with E-state index in [2.05, 4.69) is 87.9 Å². The van der Waals surface area contributed by atoms with Crippen molar-refractivity contribution in [3.63, 3.8) is 0 Å². The van der Waals surface area contributed by atoms with Gasteiger partial charge in [-0.3, -0.25) is 0 Å². The van der Waals surface area contributed by atoms with Crippen LogP contribution in [0.1, 0.15) is 30.2 Å². The van der Waals surface area contributed by atoms with E-state index in [1.165, 1.54) is 31.4 Å². The van der Waals surface area contributed by atoms with Crippen LogP contribution in [0.3, 0.4) is 0 Å². The number of aromatic nitrogens is 2. The van der Waals surface area contributed by atoms with Crippen LogP contribution >= 0.6 is 22.9 Å². The Morgan fingerprint density at radius 1 is 1.03 bits per heavy atom. The van der Waals surface area contributed by atoms with Gasteiger partial charge in [-0.15, -0.1) is 0 Å². The second kappa shape index (κ2) is 10.5. The summed E-state index contributed by atoms with van der Waals surface area (Å²) in [6.45, 7) is 9.39. The Hall–Kier alpha value is -2.31. The van der Waals surface area contributed by atoms with E-state index in [-0.39, 0.29) is 0 Å². The first-order valence-corrected chi connectivity index (χ1v) is 13.6. The van der Waals surface area contributed by atoms with Gasteiger partial charge in [-0.05, 0) is 13.8 Å². The fraction of sp³-hybridized carbons (Fsp3) is 0.250. The molecule has 2 heterocycles. The number of rotatable bonds is 8. The molecule has 32 heavy (non-hydrogen) atoms. The predicted molar refractivity (Wildman–Crippen MR) is 137 cm³/mol. The molecule has 164 valence electrons. The van der Waals surface area contributed by atoms with Gasteiger partial charge in [0, 0.05) is 13.1 Å². The zero-order valence-electron chi connectivity index (χ0n) is 18.3. The van der Waals surface area contributed by atoms with Crippen LogP contribution in [0.2, 0.25) is 5.15 Å². The van der Waals surface area contributed by atoms with Crippen LogP contribution in [0.15, 0.2) is 58.8 Å². The van der Waals surface area contributed by atoms with Crippen LogP contribution in [0.25, 0.3) is 21.9 Å². The van der Waals surface area contributed by atoms with Crippen LogP contribution in [0, 0.1) is 0 Å². The molecule has 0 aliphatic heterocycles. The fourth-order valence-corrected chi connectivity index (χ4v) is 6.88. The van der Waals surface area contributed by atoms with E-state index in [9.17, 15) is 0 Å². The Morgan fingerprint density at radius 2 is 1.78 bits per heavy atom. The zero-order valence-corrected chi connectivity index (χ0v) is 21.6. The summed E-state index contributed by atoms with van der Waals surface area (Å²) in [4.78, 5) is 7.56. The first-order valence-electron chi connectivity index (χ1n) is 10.7. The van der Waals surface area contributed by atoms with Gasteiger partial charge in [-0.25, -0.2) is 0 Å². The van der Waals surface area contributed by atoms with Crippen molar-refractivity contribution in [1.82, 2.24) is 4.98 Å². The standard InChI is InChI=1S/C24H25ClN5SSe/c1-4-29(5-2)18-13-11-17(12-14-18)27-28-24-26-23(25)20(31-24)15-16-22-30(6-3)19-9-7-8-10-21(19)32-22/h7-16H,4-6H2,1-3H3/q+1. The summed E-state index contributed by atoms with van der Waals surface area (Å²) in [5.74, 6) is 0. The van der Waals surface area contributed by atoms with E-state index in [0.29, 0.717) is 24.8 Å². The number of nitrogens with zero attached hydrogens (tertiary/aromatic N) is 5. The molecule has 8 heteroatoms. The third-order valence-electron chi connectivity index (χ3n) is 5.16. The summed E-state index contributed by atoms with van der Waals surface area (Å²) in [5, 5.41) is 9.65. The van der Waals surface area contributed by atoms with Crippen molar-refractivity contribution >= 4 is 75.9 Å². The molecule has 4 aromatic rings. The van der Waals surface area contributed by atoms with Crippen molar-refractivity contribution in [1.29, 1.82) is 0 Å². The molecule has 0 N–H and O–H groups in total. The van der Waals surface area contributed by atoms with E-state index in [4.69, 9.17) is 11.6 Å². The predicted octanol–water partition coefficient (Wildman–Crippen LogP) is 6.75. The van der Waals surface area contributed by atoms with Crippen LogP contribution in [0.5, 0.6) is 0 Å². The maximum atomic E-state index is 6.38. The van der Waals surface area contributed by atoms with E-state index < -0.39 is 0 Å². The minimum absolute atomic E-state index is 0.292. The third-order valence-corrected chi connectivity index (χ3v) is 8.84. The van der Waals surface area contributed by atoms with Crippen LogP contribution in [0.4, 0.5) is 16.5 Å². The van der Waals surface area contributed by atoms with Gasteiger partial charge in [0.2, 0.25) is 0 Å². The van der Waals surface area contributed by atoms with Gasteiger partial charge in [0.25, 0.3) is 0 Å². The molecule has 0 aliphatic carbocycles. The Balaban J connectivity index is 1.51. The molecule has 4 rings (SSSR count). The molecular weight excluding hydrogens is 505 g/mol. The van der Waals surface area contributed by atoms with Crippen LogP contribution in [-0.4, -0.2) is 32.6 Å². The van der Waals surface area contributed by atoms with Gasteiger partial charge in [0.05, 0.1) is 0 Å². The average Bonchev–Trinajstić information content (AvgIpc) is 3.36. The Morgan fingerprint density at radius 3 is 2.50 bits per heavy atom. The molecule has 0 bridgehead atoms. The second-order valence-corrected chi connectivity index (χ2v) is 10.6. The van der Waals surface area contributed by atoms with Gasteiger partial charge in [0.15, 0.2) is 0 Å². The monoisotopic (exact) mass is 530 g/mol. The minimum atomic E-state index is 0.292. The number of halogens is 1. The molecule has 5 nitrogen and oxygen atoms in total. The van der Waals surface area contributed by atoms with Gasteiger partial charge < -0.3 is 4.90 Å². The number of hydrogen-bond donors (Lipinski definition) is 0. The van der Waals surface area contributed by atoms with Crippen molar-refractivity contribution in [3.8, 4) is 0 Å². The van der Waals surface area contributed by atoms with Crippen molar-refractivity contribution in [3.05, 3.63) is 63.1 Å². The van der Waals surface area contributed by atoms with Crippen molar-refractivity contribution in [2.24, 2.45) is 10.2 Å². The molecule has 0 unspecified atom stereocenters. The molecule has 0 aliphatic rings. The van der Waals surface area contributed by atoms with Crippen molar-refractivity contribution < 1.29 is 4.57 Å². The van der Waals surface area contributed by atoms with Crippen molar-refractivity contribution in [2.75, 3.05) is 18.0 Å². The molecule has 2 aromatic heterocycles. The van der Waals surface area contributed by atoms with Gasteiger partial charge in [0.1, 0.15) is 0 Å². The molecule has 0 amide bonds. The SMILES string of the molecule is CCN(CC)c1ccc(N=Nc2nc(Cl)c(/C=C/c3[se]c4ccccc4[n+]3CC)s2)cc1. The zero-order chi connectivity index (χ0) is 22.5.